The first-order chi connectivity index (χ1) is 15.6. The molecule has 2 aliphatic heterocycles. The largest absolute Gasteiger partial charge is 0.490 e. The Morgan fingerprint density at radius 2 is 1.78 bits per heavy atom. The van der Waals surface area contributed by atoms with Gasteiger partial charge in [0.15, 0.2) is 11.5 Å². The number of nitrogens with one attached hydrogen (secondary N) is 1. The standard InChI is InChI=1S/C25H28N4O3/c1-26-20-3-5-21(6-4-20)32-22-10-14-29(15-11-22)25(31)23-7-2-19(17-28-23)24(30)16-18-8-12-27-13-9-18/h2-7,17-18,22,27H,8-16H2. The highest BCUT2D eigenvalue weighted by molar-refractivity contribution is 5.97. The molecule has 2 aromatic rings. The lowest BCUT2D eigenvalue weighted by molar-refractivity contribution is 0.0589. The molecule has 2 aliphatic rings. The Bertz CT molecular complexity index is 968. The van der Waals surface area contributed by atoms with E-state index < -0.39 is 0 Å². The van der Waals surface area contributed by atoms with Crippen LogP contribution in [0.1, 0.15) is 53.0 Å². The molecule has 0 aliphatic carbocycles. The average Bonchev–Trinajstić information content (AvgIpc) is 2.85. The predicted molar refractivity (Wildman–Crippen MR) is 121 cm³/mol. The number of piperidine rings is 2. The first-order valence-corrected chi connectivity index (χ1v) is 11.3. The van der Waals surface area contributed by atoms with Crippen molar-refractivity contribution in [2.24, 2.45) is 5.92 Å². The number of pyridine rings is 1. The molecule has 1 N–H and O–H groups in total. The molecule has 7 nitrogen and oxygen atoms in total. The quantitative estimate of drug-likeness (QED) is 0.554. The van der Waals surface area contributed by atoms with E-state index in [-0.39, 0.29) is 17.8 Å². The van der Waals surface area contributed by atoms with Gasteiger partial charge in [0.05, 0.1) is 6.57 Å². The second kappa shape index (κ2) is 10.4. The number of carbonyl (C=O) groups is 2. The third-order valence-electron chi connectivity index (χ3n) is 6.24. The van der Waals surface area contributed by atoms with Gasteiger partial charge in [0.2, 0.25) is 0 Å². The fourth-order valence-corrected chi connectivity index (χ4v) is 4.28. The average molecular weight is 433 g/mol. The maximum Gasteiger partial charge on any atom is 0.272 e. The van der Waals surface area contributed by atoms with Crippen molar-refractivity contribution in [2.45, 2.75) is 38.2 Å². The molecule has 0 spiro atoms. The summed E-state index contributed by atoms with van der Waals surface area (Å²) in [4.78, 5) is 34.8. The monoisotopic (exact) mass is 432 g/mol. The zero-order chi connectivity index (χ0) is 22.3. The van der Waals surface area contributed by atoms with E-state index in [1.807, 2.05) is 12.1 Å². The van der Waals surface area contributed by atoms with Crippen LogP contribution in [0.3, 0.4) is 0 Å². The lowest BCUT2D eigenvalue weighted by atomic mass is 9.91. The van der Waals surface area contributed by atoms with E-state index in [4.69, 9.17) is 11.3 Å². The van der Waals surface area contributed by atoms with Crippen LogP contribution in [0.15, 0.2) is 42.6 Å². The van der Waals surface area contributed by atoms with Crippen LogP contribution in [0, 0.1) is 12.5 Å². The molecule has 0 radical (unpaired) electrons. The molecule has 2 fully saturated rings. The molecule has 4 rings (SSSR count). The van der Waals surface area contributed by atoms with Gasteiger partial charge in [-0.25, -0.2) is 4.85 Å². The molecular formula is C25H28N4O3. The molecular weight excluding hydrogens is 404 g/mol. The highest BCUT2D eigenvalue weighted by Crippen LogP contribution is 2.23. The maximum atomic E-state index is 12.8. The molecule has 0 bridgehead atoms. The molecule has 3 heterocycles. The molecule has 32 heavy (non-hydrogen) atoms. The van der Waals surface area contributed by atoms with Gasteiger partial charge in [-0.05, 0) is 56.1 Å². The summed E-state index contributed by atoms with van der Waals surface area (Å²) in [6.07, 6.45) is 5.67. The summed E-state index contributed by atoms with van der Waals surface area (Å²) in [5.74, 6) is 1.17. The summed E-state index contributed by atoms with van der Waals surface area (Å²) < 4.78 is 6.00. The summed E-state index contributed by atoms with van der Waals surface area (Å²) in [5.41, 5.74) is 1.54. The van der Waals surface area contributed by atoms with E-state index in [9.17, 15) is 9.59 Å². The van der Waals surface area contributed by atoms with Gasteiger partial charge in [0, 0.05) is 44.1 Å². The summed E-state index contributed by atoms with van der Waals surface area (Å²) >= 11 is 0. The molecule has 2 saturated heterocycles. The highest BCUT2D eigenvalue weighted by atomic mass is 16.5. The number of hydrogen-bond donors (Lipinski definition) is 1. The van der Waals surface area contributed by atoms with Crippen LogP contribution in [-0.2, 0) is 0 Å². The van der Waals surface area contributed by atoms with Crippen molar-refractivity contribution in [3.63, 3.8) is 0 Å². The molecule has 0 saturated carbocycles. The molecule has 0 unspecified atom stereocenters. The Balaban J connectivity index is 1.27. The Labute approximate surface area is 188 Å². The van der Waals surface area contributed by atoms with Gasteiger partial charge in [-0.15, -0.1) is 0 Å². The van der Waals surface area contributed by atoms with E-state index in [0.717, 1.165) is 44.5 Å². The normalized spacial score (nSPS) is 17.5. The van der Waals surface area contributed by atoms with Gasteiger partial charge in [0.1, 0.15) is 17.5 Å². The Morgan fingerprint density at radius 1 is 1.06 bits per heavy atom. The summed E-state index contributed by atoms with van der Waals surface area (Å²) in [6.45, 7) is 10.2. The maximum absolute atomic E-state index is 12.8. The first kappa shape index (κ1) is 22.0. The van der Waals surface area contributed by atoms with Crippen molar-refractivity contribution in [2.75, 3.05) is 26.2 Å². The summed E-state index contributed by atoms with van der Waals surface area (Å²) in [5, 5.41) is 3.31. The van der Waals surface area contributed by atoms with E-state index >= 15 is 0 Å². The fraction of sp³-hybridized carbons (Fsp3) is 0.440. The molecule has 1 aromatic heterocycles. The lowest BCUT2D eigenvalue weighted by Crippen LogP contribution is -2.42. The predicted octanol–water partition coefficient (Wildman–Crippen LogP) is 3.89. The van der Waals surface area contributed by atoms with Crippen molar-refractivity contribution in [1.82, 2.24) is 15.2 Å². The van der Waals surface area contributed by atoms with Crippen LogP contribution in [-0.4, -0.2) is 53.9 Å². The van der Waals surface area contributed by atoms with Gasteiger partial charge in [-0.2, -0.15) is 0 Å². The molecule has 7 heteroatoms. The summed E-state index contributed by atoms with van der Waals surface area (Å²) in [6, 6.07) is 10.5. The number of hydrogen-bond acceptors (Lipinski definition) is 5. The minimum absolute atomic E-state index is 0.0424. The Morgan fingerprint density at radius 3 is 2.41 bits per heavy atom. The number of carbonyl (C=O) groups excluding carboxylic acids is 2. The molecule has 0 atom stereocenters. The minimum Gasteiger partial charge on any atom is -0.490 e. The SMILES string of the molecule is [C-]#[N+]c1ccc(OC2CCN(C(=O)c3ccc(C(=O)CC4CCNCC4)cn3)CC2)cc1. The van der Waals surface area contributed by atoms with Gasteiger partial charge in [-0.1, -0.05) is 12.1 Å². The number of ketones is 1. The first-order valence-electron chi connectivity index (χ1n) is 11.3. The summed E-state index contributed by atoms with van der Waals surface area (Å²) in [7, 11) is 0. The molecule has 166 valence electrons. The number of aromatic nitrogens is 1. The van der Waals surface area contributed by atoms with Crippen LogP contribution < -0.4 is 10.1 Å². The number of nitrogens with zero attached hydrogens (tertiary/aromatic N) is 3. The van der Waals surface area contributed by atoms with Crippen LogP contribution >= 0.6 is 0 Å². The van der Waals surface area contributed by atoms with Crippen molar-refractivity contribution >= 4 is 17.4 Å². The topological polar surface area (TPSA) is 75.9 Å². The third kappa shape index (κ3) is 5.51. The van der Waals surface area contributed by atoms with Gasteiger partial charge in [0.25, 0.3) is 5.91 Å². The number of benzene rings is 1. The molecule has 1 amide bonds. The number of ether oxygens (including phenoxy) is 1. The minimum atomic E-state index is -0.109. The second-order valence-corrected chi connectivity index (χ2v) is 8.47. The third-order valence-corrected chi connectivity index (χ3v) is 6.24. The van der Waals surface area contributed by atoms with E-state index in [1.54, 1.807) is 35.4 Å². The van der Waals surface area contributed by atoms with Crippen LogP contribution in [0.2, 0.25) is 0 Å². The Kier molecular flexibility index (Phi) is 7.13. The van der Waals surface area contributed by atoms with Crippen molar-refractivity contribution in [3.05, 3.63) is 65.3 Å². The fourth-order valence-electron chi connectivity index (χ4n) is 4.28. The second-order valence-electron chi connectivity index (χ2n) is 8.47. The van der Waals surface area contributed by atoms with Crippen LogP contribution in [0.25, 0.3) is 4.85 Å². The van der Waals surface area contributed by atoms with Gasteiger partial charge >= 0.3 is 0 Å². The van der Waals surface area contributed by atoms with Gasteiger partial charge in [-0.3, -0.25) is 14.6 Å². The van der Waals surface area contributed by atoms with Crippen LogP contribution in [0.5, 0.6) is 5.75 Å². The zero-order valence-electron chi connectivity index (χ0n) is 18.1. The van der Waals surface area contributed by atoms with E-state index in [0.29, 0.717) is 42.4 Å². The van der Waals surface area contributed by atoms with Crippen molar-refractivity contribution in [1.29, 1.82) is 0 Å². The lowest BCUT2D eigenvalue weighted by Gasteiger charge is -2.32. The Hall–Kier alpha value is -3.24. The number of rotatable bonds is 6. The highest BCUT2D eigenvalue weighted by Gasteiger charge is 2.26. The van der Waals surface area contributed by atoms with Crippen molar-refractivity contribution in [3.8, 4) is 5.75 Å². The smallest absolute Gasteiger partial charge is 0.272 e. The zero-order valence-corrected chi connectivity index (χ0v) is 18.1. The van der Waals surface area contributed by atoms with Crippen molar-refractivity contribution < 1.29 is 14.3 Å². The van der Waals surface area contributed by atoms with E-state index in [2.05, 4.69) is 15.1 Å². The van der Waals surface area contributed by atoms with Gasteiger partial charge < -0.3 is 15.0 Å². The van der Waals surface area contributed by atoms with Crippen LogP contribution in [0.4, 0.5) is 5.69 Å². The number of Topliss-reactive ketones (excluding diaryl/α,β-unsaturated/α-hetero) is 1. The van der Waals surface area contributed by atoms with E-state index in [1.165, 1.54) is 0 Å². The number of likely N-dealkylation sites (tertiary alicyclic amines) is 1. The molecule has 1 aromatic carbocycles. The number of amides is 1.